The summed E-state index contributed by atoms with van der Waals surface area (Å²) in [7, 11) is 1.28. The van der Waals surface area contributed by atoms with Crippen LogP contribution < -0.4 is 0 Å². The van der Waals surface area contributed by atoms with E-state index >= 15 is 0 Å². The van der Waals surface area contributed by atoms with Gasteiger partial charge in [0, 0.05) is 17.8 Å². The maximum atomic E-state index is 11.5. The first kappa shape index (κ1) is 14.0. The van der Waals surface area contributed by atoms with Crippen LogP contribution in [-0.2, 0) is 9.53 Å². The van der Waals surface area contributed by atoms with Crippen molar-refractivity contribution in [3.63, 3.8) is 0 Å². The molecule has 1 atom stereocenters. The standard InChI is InChI=1S/C13H17NO4/c1-5-10-8-9(13(2,3)11(15)16)6-7-14(10)12(17)18-4/h5-9H,1H2,2-4H3,(H,15,16). The van der Waals surface area contributed by atoms with E-state index in [0.29, 0.717) is 5.70 Å². The Labute approximate surface area is 106 Å². The molecule has 0 fully saturated rings. The smallest absolute Gasteiger partial charge is 0.418 e. The van der Waals surface area contributed by atoms with Crippen LogP contribution in [0.15, 0.2) is 36.7 Å². The summed E-state index contributed by atoms with van der Waals surface area (Å²) in [5.41, 5.74) is -0.434. The Morgan fingerprint density at radius 2 is 2.17 bits per heavy atom. The lowest BCUT2D eigenvalue weighted by atomic mass is 9.77. The van der Waals surface area contributed by atoms with Crippen molar-refractivity contribution in [2.75, 3.05) is 7.11 Å². The third-order valence-electron chi connectivity index (χ3n) is 3.04. The van der Waals surface area contributed by atoms with Crippen LogP contribution in [0.4, 0.5) is 4.79 Å². The third kappa shape index (κ3) is 2.45. The zero-order valence-electron chi connectivity index (χ0n) is 10.7. The zero-order chi connectivity index (χ0) is 13.9. The minimum atomic E-state index is -0.951. The van der Waals surface area contributed by atoms with Crippen LogP contribution in [0, 0.1) is 11.3 Å². The van der Waals surface area contributed by atoms with Crippen molar-refractivity contribution < 1.29 is 19.4 Å². The lowest BCUT2D eigenvalue weighted by Crippen LogP contribution is -2.35. The minimum Gasteiger partial charge on any atom is -0.481 e. The number of carbonyl (C=O) groups excluding carboxylic acids is 1. The molecule has 0 aromatic rings. The van der Waals surface area contributed by atoms with E-state index in [1.54, 1.807) is 26.0 Å². The van der Waals surface area contributed by atoms with Crippen molar-refractivity contribution in [3.8, 4) is 0 Å². The van der Waals surface area contributed by atoms with E-state index in [-0.39, 0.29) is 5.92 Å². The molecule has 1 heterocycles. The molecule has 1 unspecified atom stereocenters. The Morgan fingerprint density at radius 1 is 1.56 bits per heavy atom. The van der Waals surface area contributed by atoms with Gasteiger partial charge >= 0.3 is 12.1 Å². The van der Waals surface area contributed by atoms with E-state index in [4.69, 9.17) is 0 Å². The summed E-state index contributed by atoms with van der Waals surface area (Å²) in [6.07, 6.45) is 5.82. The molecule has 0 bridgehead atoms. The van der Waals surface area contributed by atoms with Gasteiger partial charge in [-0.25, -0.2) is 4.79 Å². The number of amides is 1. The van der Waals surface area contributed by atoms with Crippen molar-refractivity contribution in [2.24, 2.45) is 11.3 Å². The Balaban J connectivity index is 3.06. The molecule has 0 aromatic heterocycles. The molecule has 0 aromatic carbocycles. The van der Waals surface area contributed by atoms with Gasteiger partial charge in [0.1, 0.15) is 0 Å². The van der Waals surface area contributed by atoms with Gasteiger partial charge in [-0.3, -0.25) is 9.69 Å². The molecule has 1 N–H and O–H groups in total. The largest absolute Gasteiger partial charge is 0.481 e. The van der Waals surface area contributed by atoms with E-state index in [0.717, 1.165) is 0 Å². The van der Waals surface area contributed by atoms with Crippen LogP contribution in [0.1, 0.15) is 13.8 Å². The van der Waals surface area contributed by atoms with Crippen molar-refractivity contribution in [2.45, 2.75) is 13.8 Å². The summed E-state index contributed by atoms with van der Waals surface area (Å²) >= 11 is 0. The monoisotopic (exact) mass is 251 g/mol. The number of ether oxygens (including phenoxy) is 1. The normalized spacial score (nSPS) is 19.2. The average molecular weight is 251 g/mol. The van der Waals surface area contributed by atoms with Crippen LogP contribution in [0.5, 0.6) is 0 Å². The Kier molecular flexibility index (Phi) is 3.96. The second-order valence-corrected chi connectivity index (χ2v) is 4.53. The topological polar surface area (TPSA) is 66.8 Å². The molecule has 5 nitrogen and oxygen atoms in total. The SMILES string of the molecule is C=CC1=CC(C(C)(C)C(=O)O)C=CN1C(=O)OC. The lowest BCUT2D eigenvalue weighted by molar-refractivity contribution is -0.148. The van der Waals surface area contributed by atoms with Gasteiger partial charge < -0.3 is 9.84 Å². The fourth-order valence-electron chi connectivity index (χ4n) is 1.61. The van der Waals surface area contributed by atoms with Crippen LogP contribution in [0.2, 0.25) is 0 Å². The highest BCUT2D eigenvalue weighted by Gasteiger charge is 2.36. The Hall–Kier alpha value is -2.04. The van der Waals surface area contributed by atoms with E-state index in [1.807, 2.05) is 0 Å². The van der Waals surface area contributed by atoms with Crippen molar-refractivity contribution in [1.29, 1.82) is 0 Å². The first-order chi connectivity index (χ1) is 8.34. The molecule has 1 amide bonds. The van der Waals surface area contributed by atoms with Crippen molar-refractivity contribution in [3.05, 3.63) is 36.7 Å². The molecular weight excluding hydrogens is 234 g/mol. The van der Waals surface area contributed by atoms with Crippen LogP contribution >= 0.6 is 0 Å². The van der Waals surface area contributed by atoms with Gasteiger partial charge in [-0.1, -0.05) is 18.7 Å². The summed E-state index contributed by atoms with van der Waals surface area (Å²) in [4.78, 5) is 23.9. The maximum absolute atomic E-state index is 11.5. The molecule has 1 aliphatic heterocycles. The first-order valence-corrected chi connectivity index (χ1v) is 5.47. The molecule has 1 aliphatic rings. The average Bonchev–Trinajstić information content (AvgIpc) is 2.36. The van der Waals surface area contributed by atoms with Gasteiger partial charge in [0.15, 0.2) is 0 Å². The first-order valence-electron chi connectivity index (χ1n) is 5.47. The number of allylic oxidation sites excluding steroid dienone is 3. The number of nitrogens with zero attached hydrogens (tertiary/aromatic N) is 1. The van der Waals surface area contributed by atoms with Crippen LogP contribution in [0.3, 0.4) is 0 Å². The van der Waals surface area contributed by atoms with Crippen molar-refractivity contribution >= 4 is 12.1 Å². The van der Waals surface area contributed by atoms with Crippen LogP contribution in [-0.4, -0.2) is 29.2 Å². The van der Waals surface area contributed by atoms with Gasteiger partial charge in [0.05, 0.1) is 12.5 Å². The molecular formula is C13H17NO4. The van der Waals surface area contributed by atoms with Gasteiger partial charge in [0.25, 0.3) is 0 Å². The Bertz CT molecular complexity index is 434. The lowest BCUT2D eigenvalue weighted by Gasteiger charge is -2.31. The number of hydrogen-bond acceptors (Lipinski definition) is 3. The number of hydrogen-bond donors (Lipinski definition) is 1. The van der Waals surface area contributed by atoms with Gasteiger partial charge in [-0.2, -0.15) is 0 Å². The number of methoxy groups -OCH3 is 1. The predicted octanol–water partition coefficient (Wildman–Crippen LogP) is 2.38. The highest BCUT2D eigenvalue weighted by molar-refractivity contribution is 5.76. The molecule has 0 radical (unpaired) electrons. The quantitative estimate of drug-likeness (QED) is 0.836. The van der Waals surface area contributed by atoms with Gasteiger partial charge in [0.2, 0.25) is 0 Å². The number of carboxylic acids is 1. The number of rotatable bonds is 3. The second kappa shape index (κ2) is 5.08. The van der Waals surface area contributed by atoms with E-state index in [9.17, 15) is 14.7 Å². The van der Waals surface area contributed by atoms with E-state index in [2.05, 4.69) is 11.3 Å². The van der Waals surface area contributed by atoms with Crippen molar-refractivity contribution in [1.82, 2.24) is 4.90 Å². The molecule has 1 rings (SSSR count). The van der Waals surface area contributed by atoms with Crippen LogP contribution in [0.25, 0.3) is 0 Å². The molecule has 18 heavy (non-hydrogen) atoms. The third-order valence-corrected chi connectivity index (χ3v) is 3.04. The van der Waals surface area contributed by atoms with Gasteiger partial charge in [-0.05, 0) is 19.9 Å². The number of aliphatic carboxylic acids is 1. The van der Waals surface area contributed by atoms with E-state index < -0.39 is 17.5 Å². The highest BCUT2D eigenvalue weighted by atomic mass is 16.5. The maximum Gasteiger partial charge on any atom is 0.418 e. The Morgan fingerprint density at radius 3 is 2.61 bits per heavy atom. The summed E-state index contributed by atoms with van der Waals surface area (Å²) in [5, 5.41) is 9.18. The molecule has 0 saturated heterocycles. The summed E-state index contributed by atoms with van der Waals surface area (Å²) < 4.78 is 4.62. The molecule has 0 saturated carbocycles. The molecule has 0 spiro atoms. The fraction of sp³-hybridized carbons (Fsp3) is 0.385. The summed E-state index contributed by atoms with van der Waals surface area (Å²) in [6.45, 7) is 6.88. The van der Waals surface area contributed by atoms with Gasteiger partial charge in [-0.15, -0.1) is 0 Å². The van der Waals surface area contributed by atoms with E-state index in [1.165, 1.54) is 24.3 Å². The molecule has 0 aliphatic carbocycles. The molecule has 5 heteroatoms. The fourth-order valence-corrected chi connectivity index (χ4v) is 1.61. The molecule has 98 valence electrons. The second-order valence-electron chi connectivity index (χ2n) is 4.53. The minimum absolute atomic E-state index is 0.316. The number of carboxylic acid groups (broad SMARTS) is 1. The zero-order valence-corrected chi connectivity index (χ0v) is 10.7. The highest BCUT2D eigenvalue weighted by Crippen LogP contribution is 2.33. The number of carbonyl (C=O) groups is 2. The predicted molar refractivity (Wildman–Crippen MR) is 66.6 cm³/mol. The summed E-state index contributed by atoms with van der Waals surface area (Å²) in [6, 6.07) is 0. The summed E-state index contributed by atoms with van der Waals surface area (Å²) in [5.74, 6) is -1.22.